The fraction of sp³-hybridized carbons (Fsp3) is 0.357. The summed E-state index contributed by atoms with van der Waals surface area (Å²) >= 11 is 0. The average molecular weight is 271 g/mol. The van der Waals surface area contributed by atoms with Crippen LogP contribution >= 0.6 is 0 Å². The number of anilines is 3. The Kier molecular flexibility index (Phi) is 3.73. The van der Waals surface area contributed by atoms with Crippen LogP contribution in [0.4, 0.5) is 17.5 Å². The smallest absolute Gasteiger partial charge is 0.137 e. The molecule has 0 amide bonds. The van der Waals surface area contributed by atoms with E-state index < -0.39 is 0 Å². The van der Waals surface area contributed by atoms with Crippen LogP contribution in [0.2, 0.25) is 0 Å². The van der Waals surface area contributed by atoms with Gasteiger partial charge in [-0.2, -0.15) is 0 Å². The molecule has 1 saturated heterocycles. The molecule has 0 spiro atoms. The highest BCUT2D eigenvalue weighted by Crippen LogP contribution is 2.18. The van der Waals surface area contributed by atoms with Crippen molar-refractivity contribution < 1.29 is 4.74 Å². The number of hydrogen-bond donors (Lipinski definition) is 1. The molecule has 0 atom stereocenters. The zero-order valence-corrected chi connectivity index (χ0v) is 11.4. The fourth-order valence-electron chi connectivity index (χ4n) is 2.12. The molecule has 1 fully saturated rings. The van der Waals surface area contributed by atoms with Crippen molar-refractivity contribution in [1.29, 1.82) is 0 Å². The molecule has 0 bridgehead atoms. The molecule has 1 aliphatic rings. The largest absolute Gasteiger partial charge is 0.378 e. The Morgan fingerprint density at radius 2 is 1.90 bits per heavy atom. The molecule has 0 unspecified atom stereocenters. The van der Waals surface area contributed by atoms with Crippen molar-refractivity contribution in [1.82, 2.24) is 15.0 Å². The highest BCUT2D eigenvalue weighted by atomic mass is 16.5. The van der Waals surface area contributed by atoms with Gasteiger partial charge in [0, 0.05) is 25.4 Å². The molecule has 2 aromatic heterocycles. The summed E-state index contributed by atoms with van der Waals surface area (Å²) in [6.07, 6.45) is 3.35. The lowest BCUT2D eigenvalue weighted by atomic mass is 10.3. The van der Waals surface area contributed by atoms with Gasteiger partial charge in [0.2, 0.25) is 0 Å². The number of aryl methyl sites for hydroxylation is 1. The molecule has 1 aliphatic heterocycles. The molecule has 0 radical (unpaired) electrons. The molecule has 0 aliphatic carbocycles. The van der Waals surface area contributed by atoms with Crippen LogP contribution in [0.3, 0.4) is 0 Å². The Morgan fingerprint density at radius 1 is 1.10 bits per heavy atom. The highest BCUT2D eigenvalue weighted by Gasteiger charge is 2.13. The van der Waals surface area contributed by atoms with Gasteiger partial charge in [-0.1, -0.05) is 0 Å². The lowest BCUT2D eigenvalue weighted by molar-refractivity contribution is 0.122. The number of nitrogens with zero attached hydrogens (tertiary/aromatic N) is 4. The standard InChI is InChI=1S/C14H17N5O/c1-11-2-3-15-12(8-11)18-13-9-14(17-10-16-13)19-4-6-20-7-5-19/h2-3,8-10H,4-7H2,1H3,(H,15,16,17,18). The Hall–Kier alpha value is -2.21. The van der Waals surface area contributed by atoms with E-state index in [4.69, 9.17) is 4.74 Å². The Labute approximate surface area is 117 Å². The molecule has 0 aromatic carbocycles. The van der Waals surface area contributed by atoms with Crippen molar-refractivity contribution in [2.45, 2.75) is 6.92 Å². The molecule has 0 saturated carbocycles. The van der Waals surface area contributed by atoms with E-state index in [1.165, 1.54) is 0 Å². The first-order valence-electron chi connectivity index (χ1n) is 6.66. The molecule has 104 valence electrons. The van der Waals surface area contributed by atoms with Crippen molar-refractivity contribution in [3.8, 4) is 0 Å². The summed E-state index contributed by atoms with van der Waals surface area (Å²) in [6, 6.07) is 5.89. The van der Waals surface area contributed by atoms with Gasteiger partial charge in [0.25, 0.3) is 0 Å². The summed E-state index contributed by atoms with van der Waals surface area (Å²) in [7, 11) is 0. The van der Waals surface area contributed by atoms with Crippen molar-refractivity contribution in [3.63, 3.8) is 0 Å². The third-order valence-electron chi connectivity index (χ3n) is 3.16. The van der Waals surface area contributed by atoms with E-state index in [0.717, 1.165) is 49.3 Å². The summed E-state index contributed by atoms with van der Waals surface area (Å²) in [5, 5.41) is 3.20. The second-order valence-electron chi connectivity index (χ2n) is 4.70. The molecular weight excluding hydrogens is 254 g/mol. The lowest BCUT2D eigenvalue weighted by Gasteiger charge is -2.27. The molecular formula is C14H17N5O. The van der Waals surface area contributed by atoms with Gasteiger partial charge in [0.1, 0.15) is 23.8 Å². The van der Waals surface area contributed by atoms with Gasteiger partial charge in [-0.05, 0) is 24.6 Å². The predicted octanol–water partition coefficient (Wildman–Crippen LogP) is 1.76. The van der Waals surface area contributed by atoms with Gasteiger partial charge < -0.3 is 15.0 Å². The monoisotopic (exact) mass is 271 g/mol. The van der Waals surface area contributed by atoms with E-state index >= 15 is 0 Å². The zero-order chi connectivity index (χ0) is 13.8. The minimum absolute atomic E-state index is 0.742. The van der Waals surface area contributed by atoms with E-state index in [-0.39, 0.29) is 0 Å². The number of hydrogen-bond acceptors (Lipinski definition) is 6. The number of ether oxygens (including phenoxy) is 1. The Balaban J connectivity index is 1.77. The number of pyridine rings is 1. The Bertz CT molecular complexity index is 583. The van der Waals surface area contributed by atoms with Crippen molar-refractivity contribution in [2.24, 2.45) is 0 Å². The molecule has 1 N–H and O–H groups in total. The first-order chi connectivity index (χ1) is 9.81. The minimum Gasteiger partial charge on any atom is -0.378 e. The van der Waals surface area contributed by atoms with Crippen LogP contribution in [0.1, 0.15) is 5.56 Å². The minimum atomic E-state index is 0.742. The number of morpholine rings is 1. The van der Waals surface area contributed by atoms with Gasteiger partial charge in [-0.25, -0.2) is 15.0 Å². The number of aromatic nitrogens is 3. The summed E-state index contributed by atoms with van der Waals surface area (Å²) in [4.78, 5) is 15.0. The third kappa shape index (κ3) is 3.03. The molecule has 6 nitrogen and oxygen atoms in total. The predicted molar refractivity (Wildman–Crippen MR) is 77.3 cm³/mol. The summed E-state index contributed by atoms with van der Waals surface area (Å²) in [5.74, 6) is 2.45. The number of nitrogens with one attached hydrogen (secondary N) is 1. The van der Waals surface area contributed by atoms with Crippen LogP contribution in [0.25, 0.3) is 0 Å². The average Bonchev–Trinajstić information content (AvgIpc) is 2.48. The van der Waals surface area contributed by atoms with Crippen LogP contribution in [0.15, 0.2) is 30.7 Å². The van der Waals surface area contributed by atoms with E-state index in [1.54, 1.807) is 12.5 Å². The van der Waals surface area contributed by atoms with E-state index in [0.29, 0.717) is 0 Å². The Morgan fingerprint density at radius 3 is 2.70 bits per heavy atom. The third-order valence-corrected chi connectivity index (χ3v) is 3.16. The second kappa shape index (κ2) is 5.83. The first-order valence-corrected chi connectivity index (χ1v) is 6.66. The van der Waals surface area contributed by atoms with Crippen molar-refractivity contribution in [2.75, 3.05) is 36.5 Å². The van der Waals surface area contributed by atoms with Gasteiger partial charge >= 0.3 is 0 Å². The molecule has 2 aromatic rings. The molecule has 3 rings (SSSR count). The van der Waals surface area contributed by atoms with E-state index in [2.05, 4.69) is 25.2 Å². The summed E-state index contributed by atoms with van der Waals surface area (Å²) in [5.41, 5.74) is 1.16. The molecule has 3 heterocycles. The quantitative estimate of drug-likeness (QED) is 0.917. The van der Waals surface area contributed by atoms with Crippen LogP contribution in [0.5, 0.6) is 0 Å². The van der Waals surface area contributed by atoms with E-state index in [1.807, 2.05) is 25.1 Å². The molecule has 20 heavy (non-hydrogen) atoms. The fourth-order valence-corrected chi connectivity index (χ4v) is 2.12. The SMILES string of the molecule is Cc1ccnc(Nc2cc(N3CCOCC3)ncn2)c1. The van der Waals surface area contributed by atoms with Gasteiger partial charge in [0.05, 0.1) is 13.2 Å². The maximum atomic E-state index is 5.35. The van der Waals surface area contributed by atoms with Crippen LogP contribution in [0, 0.1) is 6.92 Å². The van der Waals surface area contributed by atoms with Crippen molar-refractivity contribution in [3.05, 3.63) is 36.3 Å². The normalized spacial score (nSPS) is 15.2. The van der Waals surface area contributed by atoms with Gasteiger partial charge in [-0.15, -0.1) is 0 Å². The van der Waals surface area contributed by atoms with Crippen LogP contribution in [-0.2, 0) is 4.74 Å². The van der Waals surface area contributed by atoms with Crippen LogP contribution in [-0.4, -0.2) is 41.3 Å². The highest BCUT2D eigenvalue weighted by molar-refractivity contribution is 5.56. The second-order valence-corrected chi connectivity index (χ2v) is 4.70. The van der Waals surface area contributed by atoms with Gasteiger partial charge in [0.15, 0.2) is 0 Å². The van der Waals surface area contributed by atoms with Crippen molar-refractivity contribution >= 4 is 17.5 Å². The molecule has 6 heteroatoms. The maximum absolute atomic E-state index is 5.35. The summed E-state index contributed by atoms with van der Waals surface area (Å²) in [6.45, 7) is 5.24. The first kappa shape index (κ1) is 12.8. The van der Waals surface area contributed by atoms with Crippen LogP contribution < -0.4 is 10.2 Å². The van der Waals surface area contributed by atoms with Gasteiger partial charge in [-0.3, -0.25) is 0 Å². The zero-order valence-electron chi connectivity index (χ0n) is 11.4. The summed E-state index contributed by atoms with van der Waals surface area (Å²) < 4.78 is 5.35. The number of rotatable bonds is 3. The lowest BCUT2D eigenvalue weighted by Crippen LogP contribution is -2.36. The maximum Gasteiger partial charge on any atom is 0.137 e. The van der Waals surface area contributed by atoms with E-state index in [9.17, 15) is 0 Å². The topological polar surface area (TPSA) is 63.2 Å².